The molecule has 0 radical (unpaired) electrons. The van der Waals surface area contributed by atoms with Gasteiger partial charge in [-0.2, -0.15) is 0 Å². The molecule has 2 aromatic carbocycles. The zero-order valence-electron chi connectivity index (χ0n) is 12.0. The number of aliphatic carboxylic acids is 1. The van der Waals surface area contributed by atoms with E-state index in [0.29, 0.717) is 10.7 Å². The molecule has 1 heterocycles. The van der Waals surface area contributed by atoms with E-state index in [9.17, 15) is 14.7 Å². The summed E-state index contributed by atoms with van der Waals surface area (Å²) in [6.07, 6.45) is 0. The largest absolute Gasteiger partial charge is 0.549 e. The fraction of sp³-hybridized carbons (Fsp3) is 0.0625. The SMILES string of the molecule is O=C([O-])CSc1nc2c(Cl)cc(Cl)cc2c(=O)n1-c1ccccc1. The zero-order chi connectivity index (χ0) is 17.3. The molecule has 0 atom stereocenters. The van der Waals surface area contributed by atoms with Gasteiger partial charge < -0.3 is 9.90 Å². The van der Waals surface area contributed by atoms with Crippen LogP contribution in [0.4, 0.5) is 0 Å². The van der Waals surface area contributed by atoms with Crippen molar-refractivity contribution in [2.24, 2.45) is 0 Å². The minimum atomic E-state index is -1.25. The third kappa shape index (κ3) is 3.26. The van der Waals surface area contributed by atoms with Crippen molar-refractivity contribution in [2.45, 2.75) is 5.16 Å². The van der Waals surface area contributed by atoms with Crippen LogP contribution in [0.2, 0.25) is 10.0 Å². The Balaban J connectivity index is 2.33. The Kier molecular flexibility index (Phi) is 4.80. The lowest BCUT2D eigenvalue weighted by Gasteiger charge is -2.14. The second-order valence-electron chi connectivity index (χ2n) is 4.81. The van der Waals surface area contributed by atoms with E-state index in [-0.39, 0.29) is 32.4 Å². The van der Waals surface area contributed by atoms with Crippen LogP contribution in [-0.4, -0.2) is 21.3 Å². The summed E-state index contributed by atoms with van der Waals surface area (Å²) in [6, 6.07) is 11.8. The molecule has 3 rings (SSSR count). The summed E-state index contributed by atoms with van der Waals surface area (Å²) < 4.78 is 1.34. The first kappa shape index (κ1) is 16.8. The molecule has 0 spiro atoms. The van der Waals surface area contributed by atoms with Gasteiger partial charge in [0.25, 0.3) is 5.56 Å². The zero-order valence-corrected chi connectivity index (χ0v) is 14.4. The molecule has 0 bridgehead atoms. The van der Waals surface area contributed by atoms with Crippen LogP contribution < -0.4 is 10.7 Å². The van der Waals surface area contributed by atoms with E-state index in [2.05, 4.69) is 4.98 Å². The Morgan fingerprint density at radius 2 is 1.92 bits per heavy atom. The van der Waals surface area contributed by atoms with Crippen LogP contribution in [-0.2, 0) is 4.79 Å². The molecular weight excluding hydrogens is 371 g/mol. The van der Waals surface area contributed by atoms with Crippen LogP contribution in [0.3, 0.4) is 0 Å². The van der Waals surface area contributed by atoms with Crippen molar-refractivity contribution in [2.75, 3.05) is 5.75 Å². The maximum Gasteiger partial charge on any atom is 0.266 e. The highest BCUT2D eigenvalue weighted by molar-refractivity contribution is 7.99. The van der Waals surface area contributed by atoms with Gasteiger partial charge in [-0.05, 0) is 24.3 Å². The van der Waals surface area contributed by atoms with Gasteiger partial charge in [0.15, 0.2) is 5.16 Å². The van der Waals surface area contributed by atoms with Crippen molar-refractivity contribution in [3.8, 4) is 5.69 Å². The number of rotatable bonds is 4. The quantitative estimate of drug-likeness (QED) is 0.514. The summed E-state index contributed by atoms with van der Waals surface area (Å²) in [6.45, 7) is 0. The lowest BCUT2D eigenvalue weighted by atomic mass is 10.2. The normalized spacial score (nSPS) is 10.9. The molecule has 1 aromatic heterocycles. The predicted molar refractivity (Wildman–Crippen MR) is 93.1 cm³/mol. The average molecular weight is 380 g/mol. The Bertz CT molecular complexity index is 990. The molecule has 8 heteroatoms. The smallest absolute Gasteiger partial charge is 0.266 e. The number of carbonyl (C=O) groups is 1. The monoisotopic (exact) mass is 379 g/mol. The van der Waals surface area contributed by atoms with E-state index in [1.807, 2.05) is 6.07 Å². The highest BCUT2D eigenvalue weighted by Crippen LogP contribution is 2.28. The molecule has 0 unspecified atom stereocenters. The van der Waals surface area contributed by atoms with Crippen LogP contribution >= 0.6 is 35.0 Å². The highest BCUT2D eigenvalue weighted by Gasteiger charge is 2.16. The van der Waals surface area contributed by atoms with Crippen molar-refractivity contribution in [3.05, 3.63) is 62.9 Å². The van der Waals surface area contributed by atoms with Crippen molar-refractivity contribution >= 4 is 51.8 Å². The van der Waals surface area contributed by atoms with E-state index in [1.165, 1.54) is 16.7 Å². The molecule has 0 aliphatic carbocycles. The van der Waals surface area contributed by atoms with Crippen LogP contribution in [0.5, 0.6) is 0 Å². The third-order valence-electron chi connectivity index (χ3n) is 3.19. The summed E-state index contributed by atoms with van der Waals surface area (Å²) >= 11 is 13.0. The van der Waals surface area contributed by atoms with Crippen LogP contribution in [0.25, 0.3) is 16.6 Å². The number of hydrogen-bond acceptors (Lipinski definition) is 5. The molecule has 0 saturated heterocycles. The van der Waals surface area contributed by atoms with Crippen molar-refractivity contribution in [1.29, 1.82) is 0 Å². The van der Waals surface area contributed by atoms with Crippen LogP contribution in [0.1, 0.15) is 0 Å². The third-order valence-corrected chi connectivity index (χ3v) is 4.61. The molecule has 3 aromatic rings. The number of fused-ring (bicyclic) bond motifs is 1. The molecule has 0 aliphatic heterocycles. The minimum Gasteiger partial charge on any atom is -0.549 e. The number of thioether (sulfide) groups is 1. The second kappa shape index (κ2) is 6.84. The Morgan fingerprint density at radius 3 is 2.58 bits per heavy atom. The standard InChI is InChI=1S/C16H10Cl2N2O3S/c17-9-6-11-14(12(18)7-9)19-16(24-8-13(21)22)20(15(11)23)10-4-2-1-3-5-10/h1-7H,8H2,(H,21,22)/p-1. The molecule has 0 saturated carbocycles. The van der Waals surface area contributed by atoms with E-state index in [1.54, 1.807) is 24.3 Å². The van der Waals surface area contributed by atoms with Gasteiger partial charge in [0.2, 0.25) is 0 Å². The molecule has 0 N–H and O–H groups in total. The summed E-state index contributed by atoms with van der Waals surface area (Å²) in [5, 5.41) is 11.8. The van der Waals surface area contributed by atoms with E-state index in [0.717, 1.165) is 11.8 Å². The minimum absolute atomic E-state index is 0.215. The number of carboxylic acid groups (broad SMARTS) is 1. The van der Waals surface area contributed by atoms with Gasteiger partial charge in [-0.3, -0.25) is 9.36 Å². The molecule has 0 aliphatic rings. The van der Waals surface area contributed by atoms with Gasteiger partial charge in [0.1, 0.15) is 0 Å². The number of para-hydroxylation sites is 1. The van der Waals surface area contributed by atoms with Crippen molar-refractivity contribution in [3.63, 3.8) is 0 Å². The van der Waals surface area contributed by atoms with Gasteiger partial charge in [-0.1, -0.05) is 53.2 Å². The molecular formula is C16H9Cl2N2O3S-. The van der Waals surface area contributed by atoms with E-state index in [4.69, 9.17) is 23.2 Å². The fourth-order valence-electron chi connectivity index (χ4n) is 2.22. The summed E-state index contributed by atoms with van der Waals surface area (Å²) in [5.41, 5.74) is 0.462. The van der Waals surface area contributed by atoms with Gasteiger partial charge in [0, 0.05) is 10.8 Å². The second-order valence-corrected chi connectivity index (χ2v) is 6.60. The van der Waals surface area contributed by atoms with Gasteiger partial charge in [-0.25, -0.2) is 4.98 Å². The van der Waals surface area contributed by atoms with Crippen molar-refractivity contribution < 1.29 is 9.90 Å². The molecule has 24 heavy (non-hydrogen) atoms. The Labute approximate surface area is 150 Å². The number of nitrogens with zero attached hydrogens (tertiary/aromatic N) is 2. The molecule has 0 fully saturated rings. The number of halogens is 2. The van der Waals surface area contributed by atoms with Crippen LogP contribution in [0, 0.1) is 0 Å². The van der Waals surface area contributed by atoms with Gasteiger partial charge in [0.05, 0.1) is 27.6 Å². The first-order valence-corrected chi connectivity index (χ1v) is 8.51. The van der Waals surface area contributed by atoms with Crippen molar-refractivity contribution in [1.82, 2.24) is 9.55 Å². The van der Waals surface area contributed by atoms with E-state index >= 15 is 0 Å². The number of aromatic nitrogens is 2. The lowest BCUT2D eigenvalue weighted by Crippen LogP contribution is -2.26. The maximum atomic E-state index is 12.9. The first-order chi connectivity index (χ1) is 11.5. The summed E-state index contributed by atoms with van der Waals surface area (Å²) in [5.74, 6) is -1.59. The molecule has 5 nitrogen and oxygen atoms in total. The first-order valence-electron chi connectivity index (χ1n) is 6.77. The average Bonchev–Trinajstić information content (AvgIpc) is 2.54. The number of carboxylic acids is 1. The van der Waals surface area contributed by atoms with Gasteiger partial charge in [-0.15, -0.1) is 0 Å². The molecule has 122 valence electrons. The lowest BCUT2D eigenvalue weighted by molar-refractivity contribution is -0.301. The fourth-order valence-corrected chi connectivity index (χ4v) is 3.48. The number of hydrogen-bond donors (Lipinski definition) is 0. The van der Waals surface area contributed by atoms with Gasteiger partial charge >= 0.3 is 0 Å². The maximum absolute atomic E-state index is 12.9. The topological polar surface area (TPSA) is 75.0 Å². The Morgan fingerprint density at radius 1 is 1.21 bits per heavy atom. The summed E-state index contributed by atoms with van der Waals surface area (Å²) in [7, 11) is 0. The number of carbonyl (C=O) groups excluding carboxylic acids is 1. The Hall–Kier alpha value is -2.02. The van der Waals surface area contributed by atoms with Crippen LogP contribution in [0.15, 0.2) is 52.4 Å². The molecule has 0 amide bonds. The van der Waals surface area contributed by atoms with E-state index < -0.39 is 5.97 Å². The number of benzene rings is 2. The summed E-state index contributed by atoms with van der Waals surface area (Å²) in [4.78, 5) is 28.1. The highest BCUT2D eigenvalue weighted by atomic mass is 35.5. The predicted octanol–water partition coefficient (Wildman–Crippen LogP) is 2.53.